The number of sulfonamides is 1. The topological polar surface area (TPSA) is 59.5 Å². The van der Waals surface area contributed by atoms with Crippen molar-refractivity contribution in [2.45, 2.75) is 48.8 Å². The van der Waals surface area contributed by atoms with Gasteiger partial charge in [-0.1, -0.05) is 17.7 Å². The van der Waals surface area contributed by atoms with Gasteiger partial charge in [-0.2, -0.15) is 4.31 Å². The van der Waals surface area contributed by atoms with Crippen molar-refractivity contribution in [2.75, 3.05) is 0 Å². The molecule has 0 saturated carbocycles. The minimum atomic E-state index is -3.72. The van der Waals surface area contributed by atoms with Crippen LogP contribution in [0, 0.1) is 5.82 Å². The zero-order chi connectivity index (χ0) is 18.3. The standard InChI is InChI=1S/C18H18ClFN2O3S/c19-16-11-15(6-7-17(16)20)26(23,24)22-12-4-5-13(22)10-14(9-12)25-18-3-1-2-8-21-18/h1-3,6-8,11-14H,4-5,9-10H2. The summed E-state index contributed by atoms with van der Waals surface area (Å²) >= 11 is 5.78. The SMILES string of the molecule is O=S(=O)(c1ccc(F)c(Cl)c1)N1C2CCC1CC(Oc1ccccn1)C2. The third kappa shape index (κ3) is 3.19. The van der Waals surface area contributed by atoms with E-state index in [4.69, 9.17) is 16.3 Å². The van der Waals surface area contributed by atoms with Gasteiger partial charge in [0, 0.05) is 37.2 Å². The van der Waals surface area contributed by atoms with Gasteiger partial charge in [-0.15, -0.1) is 0 Å². The first kappa shape index (κ1) is 17.7. The van der Waals surface area contributed by atoms with E-state index in [0.717, 1.165) is 18.9 Å². The molecule has 0 spiro atoms. The minimum Gasteiger partial charge on any atom is -0.474 e. The van der Waals surface area contributed by atoms with Crippen LogP contribution >= 0.6 is 11.6 Å². The lowest BCUT2D eigenvalue weighted by atomic mass is 10.0. The second-order valence-corrected chi connectivity index (χ2v) is 8.93. The number of rotatable bonds is 4. The molecule has 2 atom stereocenters. The molecule has 2 saturated heterocycles. The Labute approximate surface area is 156 Å². The highest BCUT2D eigenvalue weighted by atomic mass is 35.5. The normalized spacial score (nSPS) is 26.0. The summed E-state index contributed by atoms with van der Waals surface area (Å²) in [6.07, 6.45) is 4.41. The van der Waals surface area contributed by atoms with Gasteiger partial charge >= 0.3 is 0 Å². The van der Waals surface area contributed by atoms with Crippen molar-refractivity contribution in [1.29, 1.82) is 0 Å². The molecule has 1 aromatic heterocycles. The Bertz CT molecular complexity index is 896. The second kappa shape index (κ2) is 6.79. The Hall–Kier alpha value is -1.70. The Morgan fingerprint density at radius 3 is 2.50 bits per heavy atom. The van der Waals surface area contributed by atoms with Gasteiger partial charge in [0.25, 0.3) is 0 Å². The minimum absolute atomic E-state index is 0.0323. The fraction of sp³-hybridized carbons (Fsp3) is 0.389. The lowest BCUT2D eigenvalue weighted by molar-refractivity contribution is 0.0918. The second-order valence-electron chi connectivity index (χ2n) is 6.68. The summed E-state index contributed by atoms with van der Waals surface area (Å²) in [5, 5.41) is -0.188. The molecule has 2 unspecified atom stereocenters. The fourth-order valence-electron chi connectivity index (χ4n) is 3.92. The number of hydrogen-bond donors (Lipinski definition) is 0. The highest BCUT2D eigenvalue weighted by molar-refractivity contribution is 7.89. The molecule has 0 N–H and O–H groups in total. The number of aromatic nitrogens is 1. The predicted octanol–water partition coefficient (Wildman–Crippen LogP) is 3.64. The third-order valence-corrected chi connectivity index (χ3v) is 7.31. The Kier molecular flexibility index (Phi) is 4.62. The van der Waals surface area contributed by atoms with Crippen LogP contribution in [0.3, 0.4) is 0 Å². The summed E-state index contributed by atoms with van der Waals surface area (Å²) < 4.78 is 47.0. The van der Waals surface area contributed by atoms with E-state index in [2.05, 4.69) is 4.98 Å². The highest BCUT2D eigenvalue weighted by Crippen LogP contribution is 2.41. The molecule has 2 aliphatic heterocycles. The van der Waals surface area contributed by atoms with Crippen molar-refractivity contribution in [2.24, 2.45) is 0 Å². The number of fused-ring (bicyclic) bond motifs is 2. The molecule has 138 valence electrons. The number of halogens is 2. The Morgan fingerprint density at radius 1 is 1.15 bits per heavy atom. The molecule has 2 bridgehead atoms. The van der Waals surface area contributed by atoms with Crippen LogP contribution in [0.1, 0.15) is 25.7 Å². The van der Waals surface area contributed by atoms with Crippen molar-refractivity contribution in [3.8, 4) is 5.88 Å². The first-order valence-corrected chi connectivity index (χ1v) is 10.3. The Balaban J connectivity index is 1.55. The van der Waals surface area contributed by atoms with Gasteiger partial charge in [0.1, 0.15) is 11.9 Å². The quantitative estimate of drug-likeness (QED) is 0.791. The third-order valence-electron chi connectivity index (χ3n) is 5.01. The van der Waals surface area contributed by atoms with E-state index in [1.54, 1.807) is 16.6 Å². The van der Waals surface area contributed by atoms with Crippen molar-refractivity contribution in [1.82, 2.24) is 9.29 Å². The molecule has 0 aliphatic carbocycles. The number of ether oxygens (including phenoxy) is 1. The molecule has 3 heterocycles. The van der Waals surface area contributed by atoms with Crippen molar-refractivity contribution >= 4 is 21.6 Å². The van der Waals surface area contributed by atoms with Crippen molar-refractivity contribution < 1.29 is 17.5 Å². The fourth-order valence-corrected chi connectivity index (χ4v) is 6.08. The summed E-state index contributed by atoms with van der Waals surface area (Å²) in [5.41, 5.74) is 0. The summed E-state index contributed by atoms with van der Waals surface area (Å²) in [4.78, 5) is 4.20. The smallest absolute Gasteiger partial charge is 0.243 e. The average Bonchev–Trinajstić information content (AvgIpc) is 2.90. The zero-order valence-electron chi connectivity index (χ0n) is 13.9. The van der Waals surface area contributed by atoms with Gasteiger partial charge < -0.3 is 4.74 Å². The maximum Gasteiger partial charge on any atom is 0.243 e. The van der Waals surface area contributed by atoms with E-state index in [0.29, 0.717) is 18.7 Å². The van der Waals surface area contributed by atoms with Gasteiger partial charge in [-0.05, 0) is 37.1 Å². The van der Waals surface area contributed by atoms with Gasteiger partial charge in [0.05, 0.1) is 9.92 Å². The van der Waals surface area contributed by atoms with Gasteiger partial charge in [-0.3, -0.25) is 0 Å². The van der Waals surface area contributed by atoms with Crippen molar-refractivity contribution in [3.05, 3.63) is 53.4 Å². The summed E-state index contributed by atoms with van der Waals surface area (Å²) in [6, 6.07) is 8.76. The maximum absolute atomic E-state index is 13.4. The molecule has 26 heavy (non-hydrogen) atoms. The molecule has 0 amide bonds. The highest BCUT2D eigenvalue weighted by Gasteiger charge is 2.48. The van der Waals surface area contributed by atoms with Crippen LogP contribution in [0.15, 0.2) is 47.5 Å². The molecule has 1 aromatic carbocycles. The van der Waals surface area contributed by atoms with E-state index in [1.165, 1.54) is 12.1 Å². The van der Waals surface area contributed by atoms with Crippen LogP contribution in [0.4, 0.5) is 4.39 Å². The van der Waals surface area contributed by atoms with E-state index >= 15 is 0 Å². The molecule has 0 radical (unpaired) electrons. The number of nitrogens with zero attached hydrogens (tertiary/aromatic N) is 2. The summed E-state index contributed by atoms with van der Waals surface area (Å²) in [5.74, 6) is -0.0745. The van der Waals surface area contributed by atoms with E-state index < -0.39 is 15.8 Å². The van der Waals surface area contributed by atoms with Crippen LogP contribution in [0.25, 0.3) is 0 Å². The van der Waals surface area contributed by atoms with Crippen LogP contribution < -0.4 is 4.74 Å². The van der Waals surface area contributed by atoms with Gasteiger partial charge in [-0.25, -0.2) is 17.8 Å². The molecule has 2 aliphatic rings. The first-order valence-electron chi connectivity index (χ1n) is 8.51. The monoisotopic (exact) mass is 396 g/mol. The summed E-state index contributed by atoms with van der Waals surface area (Å²) in [6.45, 7) is 0. The molecule has 5 nitrogen and oxygen atoms in total. The largest absolute Gasteiger partial charge is 0.474 e. The molecular weight excluding hydrogens is 379 g/mol. The van der Waals surface area contributed by atoms with E-state index in [9.17, 15) is 12.8 Å². The molecule has 2 aromatic rings. The molecule has 4 rings (SSSR count). The number of hydrogen-bond acceptors (Lipinski definition) is 4. The van der Waals surface area contributed by atoms with Crippen LogP contribution in [0.5, 0.6) is 5.88 Å². The lowest BCUT2D eigenvalue weighted by Crippen LogP contribution is -2.49. The maximum atomic E-state index is 13.4. The molecular formula is C18H18ClFN2O3S. The van der Waals surface area contributed by atoms with Gasteiger partial charge in [0.15, 0.2) is 0 Å². The number of benzene rings is 1. The van der Waals surface area contributed by atoms with Gasteiger partial charge in [0.2, 0.25) is 15.9 Å². The molecule has 8 heteroatoms. The van der Waals surface area contributed by atoms with E-state index in [1.807, 2.05) is 12.1 Å². The lowest BCUT2D eigenvalue weighted by Gasteiger charge is -2.37. The summed E-state index contributed by atoms with van der Waals surface area (Å²) in [7, 11) is -3.72. The number of pyridine rings is 1. The first-order chi connectivity index (χ1) is 12.4. The Morgan fingerprint density at radius 2 is 1.88 bits per heavy atom. The number of piperidine rings is 1. The predicted molar refractivity (Wildman–Crippen MR) is 95.1 cm³/mol. The van der Waals surface area contributed by atoms with Crippen LogP contribution in [-0.2, 0) is 10.0 Å². The zero-order valence-corrected chi connectivity index (χ0v) is 15.5. The van der Waals surface area contributed by atoms with Crippen molar-refractivity contribution in [3.63, 3.8) is 0 Å². The molecule has 2 fully saturated rings. The van der Waals surface area contributed by atoms with Crippen LogP contribution in [-0.4, -0.2) is 35.9 Å². The van der Waals surface area contributed by atoms with E-state index in [-0.39, 0.29) is 28.1 Å². The van der Waals surface area contributed by atoms with Crippen LogP contribution in [0.2, 0.25) is 5.02 Å². The average molecular weight is 397 g/mol.